The van der Waals surface area contributed by atoms with Crippen molar-refractivity contribution in [3.05, 3.63) is 59.4 Å². The third-order valence-corrected chi connectivity index (χ3v) is 10.00. The molecular weight excluding hydrogens is 553 g/mol. The van der Waals surface area contributed by atoms with Gasteiger partial charge in [0.2, 0.25) is 5.91 Å². The van der Waals surface area contributed by atoms with Crippen molar-refractivity contribution in [3.8, 4) is 0 Å². The monoisotopic (exact) mass is 592 g/mol. The Labute approximate surface area is 239 Å². The van der Waals surface area contributed by atoms with Gasteiger partial charge in [0, 0.05) is 18.1 Å². The van der Waals surface area contributed by atoms with Gasteiger partial charge in [0.25, 0.3) is 0 Å². The average molecular weight is 593 g/mol. The Kier molecular flexibility index (Phi) is 9.48. The lowest BCUT2D eigenvalue weighted by Gasteiger charge is -2.41. The number of rotatable bonds is 10. The predicted molar refractivity (Wildman–Crippen MR) is 153 cm³/mol. The molecule has 2 N–H and O–H groups in total. The molecule has 7 nitrogen and oxygen atoms in total. The second-order valence-corrected chi connectivity index (χ2v) is 13.4. The SMILES string of the molecule is CCCc1ccc(S(=O)(=O)CC2CC(N(C)C(C)C)CCC2NC(=O)Cc2nc3c(C(F)(F)F)cccc3[nH]2)cc1. The van der Waals surface area contributed by atoms with Gasteiger partial charge in [0.1, 0.15) is 11.3 Å². The number of alkyl halides is 3. The lowest BCUT2D eigenvalue weighted by atomic mass is 9.81. The van der Waals surface area contributed by atoms with Crippen molar-refractivity contribution in [2.24, 2.45) is 5.92 Å². The number of aromatic nitrogens is 2. The van der Waals surface area contributed by atoms with Crippen molar-refractivity contribution in [2.75, 3.05) is 12.8 Å². The first-order chi connectivity index (χ1) is 19.3. The van der Waals surface area contributed by atoms with Crippen LogP contribution in [0.15, 0.2) is 47.4 Å². The minimum Gasteiger partial charge on any atom is -0.353 e. The number of benzene rings is 2. The number of sulfone groups is 1. The molecule has 1 aromatic heterocycles. The topological polar surface area (TPSA) is 95.2 Å². The van der Waals surface area contributed by atoms with Crippen molar-refractivity contribution in [3.63, 3.8) is 0 Å². The van der Waals surface area contributed by atoms with Crippen molar-refractivity contribution in [1.82, 2.24) is 20.2 Å². The lowest BCUT2D eigenvalue weighted by Crippen LogP contribution is -2.51. The zero-order valence-electron chi connectivity index (χ0n) is 24.0. The zero-order valence-corrected chi connectivity index (χ0v) is 24.8. The number of carbonyl (C=O) groups is 1. The van der Waals surface area contributed by atoms with Crippen molar-refractivity contribution in [2.45, 2.75) is 88.5 Å². The molecule has 41 heavy (non-hydrogen) atoms. The maximum atomic E-state index is 13.5. The molecule has 3 unspecified atom stereocenters. The number of carbonyl (C=O) groups excluding carboxylic acids is 1. The van der Waals surface area contributed by atoms with E-state index < -0.39 is 27.5 Å². The molecule has 11 heteroatoms. The van der Waals surface area contributed by atoms with Crippen LogP contribution < -0.4 is 5.32 Å². The van der Waals surface area contributed by atoms with Crippen LogP contribution in [0.25, 0.3) is 11.0 Å². The number of aromatic amines is 1. The number of H-pyrrole nitrogens is 1. The molecule has 1 heterocycles. The second-order valence-electron chi connectivity index (χ2n) is 11.4. The highest BCUT2D eigenvalue weighted by Gasteiger charge is 2.37. The molecule has 0 radical (unpaired) electrons. The molecule has 1 amide bonds. The summed E-state index contributed by atoms with van der Waals surface area (Å²) in [7, 11) is -1.59. The van der Waals surface area contributed by atoms with Crippen LogP contribution in [-0.4, -0.2) is 60.1 Å². The summed E-state index contributed by atoms with van der Waals surface area (Å²) in [4.78, 5) is 22.5. The van der Waals surface area contributed by atoms with Gasteiger partial charge in [-0.1, -0.05) is 31.5 Å². The molecule has 3 atom stereocenters. The van der Waals surface area contributed by atoms with E-state index in [0.29, 0.717) is 12.8 Å². The third kappa shape index (κ3) is 7.48. The number of nitrogens with zero attached hydrogens (tertiary/aromatic N) is 2. The van der Waals surface area contributed by atoms with Gasteiger partial charge >= 0.3 is 6.18 Å². The Hall–Kier alpha value is -2.92. The largest absolute Gasteiger partial charge is 0.418 e. The molecule has 1 aliphatic rings. The summed E-state index contributed by atoms with van der Waals surface area (Å²) in [6, 6.07) is 10.8. The number of imidazole rings is 1. The Morgan fingerprint density at radius 3 is 2.49 bits per heavy atom. The van der Waals surface area contributed by atoms with E-state index in [1.54, 1.807) is 12.1 Å². The Morgan fingerprint density at radius 1 is 1.15 bits per heavy atom. The van der Waals surface area contributed by atoms with Crippen molar-refractivity contribution >= 4 is 26.8 Å². The normalized spacial score (nSPS) is 20.2. The van der Waals surface area contributed by atoms with E-state index in [0.717, 1.165) is 30.9 Å². The Balaban J connectivity index is 1.52. The van der Waals surface area contributed by atoms with Gasteiger partial charge in [-0.25, -0.2) is 13.4 Å². The molecule has 1 fully saturated rings. The first-order valence-corrected chi connectivity index (χ1v) is 15.8. The van der Waals surface area contributed by atoms with E-state index >= 15 is 0 Å². The first kappa shape index (κ1) is 31.0. The molecule has 224 valence electrons. The first-order valence-electron chi connectivity index (χ1n) is 14.2. The van der Waals surface area contributed by atoms with Gasteiger partial charge in [-0.3, -0.25) is 4.79 Å². The number of hydrogen-bond acceptors (Lipinski definition) is 5. The molecule has 4 rings (SSSR count). The van der Waals surface area contributed by atoms with Crippen molar-refractivity contribution in [1.29, 1.82) is 0 Å². The quantitative estimate of drug-likeness (QED) is 0.322. The summed E-state index contributed by atoms with van der Waals surface area (Å²) < 4.78 is 67.2. The maximum absolute atomic E-state index is 13.5. The Bertz CT molecular complexity index is 1450. The Morgan fingerprint density at radius 2 is 1.85 bits per heavy atom. The van der Waals surface area contributed by atoms with E-state index in [-0.39, 0.29) is 58.0 Å². The fraction of sp³-hybridized carbons (Fsp3) is 0.533. The van der Waals surface area contributed by atoms with Crippen LogP contribution in [0, 0.1) is 5.92 Å². The summed E-state index contributed by atoms with van der Waals surface area (Å²) in [6.07, 6.45) is -0.961. The standard InChI is InChI=1S/C30H39F3N4O3S/c1-5-7-20-10-13-23(14-11-20)41(39,40)18-21-16-22(37(4)19(2)3)12-15-25(21)35-28(38)17-27-34-26-9-6-8-24(29(26)36-27)30(31,32)33/h6,8-11,13-14,19,21-22,25H,5,7,12,15-18H2,1-4H3,(H,34,36)(H,35,38). The van der Waals surface area contributed by atoms with Gasteiger partial charge in [-0.2, -0.15) is 13.2 Å². The third-order valence-electron chi connectivity index (χ3n) is 8.14. The van der Waals surface area contributed by atoms with Gasteiger partial charge in [-0.15, -0.1) is 0 Å². The molecule has 1 aliphatic carbocycles. The smallest absolute Gasteiger partial charge is 0.353 e. The highest BCUT2D eigenvalue weighted by Crippen LogP contribution is 2.34. The molecular formula is C30H39F3N4O3S. The van der Waals surface area contributed by atoms with Crippen molar-refractivity contribution < 1.29 is 26.4 Å². The fourth-order valence-corrected chi connectivity index (χ4v) is 7.42. The summed E-state index contributed by atoms with van der Waals surface area (Å²) in [5, 5.41) is 2.99. The number of hydrogen-bond donors (Lipinski definition) is 2. The van der Waals surface area contributed by atoms with Gasteiger partial charge in [0.05, 0.1) is 28.1 Å². The average Bonchev–Trinajstić information content (AvgIpc) is 3.31. The number of nitrogens with one attached hydrogen (secondary N) is 2. The molecule has 1 saturated carbocycles. The number of fused-ring (bicyclic) bond motifs is 1. The maximum Gasteiger partial charge on any atom is 0.418 e. The number of para-hydroxylation sites is 1. The van der Waals surface area contributed by atoms with E-state index in [2.05, 4.69) is 41.0 Å². The summed E-state index contributed by atoms with van der Waals surface area (Å²) in [5.74, 6) is -0.720. The molecule has 0 saturated heterocycles. The number of aryl methyl sites for hydroxylation is 1. The van der Waals surface area contributed by atoms with E-state index in [1.165, 1.54) is 12.1 Å². The number of halogens is 3. The second kappa shape index (κ2) is 12.5. The molecule has 0 bridgehead atoms. The van der Waals surface area contributed by atoms with Gasteiger partial charge in [0.15, 0.2) is 9.84 Å². The molecule has 0 aliphatic heterocycles. The molecule has 0 spiro atoms. The highest BCUT2D eigenvalue weighted by atomic mass is 32.2. The van der Waals surface area contributed by atoms with E-state index in [1.807, 2.05) is 19.2 Å². The van der Waals surface area contributed by atoms with E-state index in [9.17, 15) is 26.4 Å². The predicted octanol–water partition coefficient (Wildman–Crippen LogP) is 5.54. The summed E-state index contributed by atoms with van der Waals surface area (Å²) >= 11 is 0. The summed E-state index contributed by atoms with van der Waals surface area (Å²) in [5.41, 5.74) is 0.196. The minimum atomic E-state index is -4.56. The number of amides is 1. The molecule has 3 aromatic rings. The highest BCUT2D eigenvalue weighted by molar-refractivity contribution is 7.91. The molecule has 2 aromatic carbocycles. The summed E-state index contributed by atoms with van der Waals surface area (Å²) in [6.45, 7) is 6.25. The fourth-order valence-electron chi connectivity index (χ4n) is 5.74. The zero-order chi connectivity index (χ0) is 29.9. The van der Waals surface area contributed by atoms with Crippen LogP contribution in [0.5, 0.6) is 0 Å². The van der Waals surface area contributed by atoms with Crippen LogP contribution in [-0.2, 0) is 33.6 Å². The van der Waals surface area contributed by atoms with Crippen LogP contribution in [0.3, 0.4) is 0 Å². The van der Waals surface area contributed by atoms with Gasteiger partial charge < -0.3 is 15.2 Å². The van der Waals surface area contributed by atoms with Crippen LogP contribution in [0.1, 0.15) is 63.4 Å². The lowest BCUT2D eigenvalue weighted by molar-refractivity contribution is -0.136. The van der Waals surface area contributed by atoms with E-state index in [4.69, 9.17) is 0 Å². The van der Waals surface area contributed by atoms with Crippen LogP contribution in [0.4, 0.5) is 13.2 Å². The van der Waals surface area contributed by atoms with Crippen LogP contribution >= 0.6 is 0 Å². The van der Waals surface area contributed by atoms with Crippen LogP contribution in [0.2, 0.25) is 0 Å². The van der Waals surface area contributed by atoms with Gasteiger partial charge in [-0.05, 0) is 82.3 Å². The minimum absolute atomic E-state index is 0.104.